The Kier molecular flexibility index (Phi) is 18.1. The van der Waals surface area contributed by atoms with Crippen molar-refractivity contribution in [2.24, 2.45) is 29.4 Å². The number of benzene rings is 1. The van der Waals surface area contributed by atoms with Crippen LogP contribution < -0.4 is 15.8 Å². The number of phenols is 1. The molecule has 1 aromatic carbocycles. The molecule has 3 aromatic rings. The van der Waals surface area contributed by atoms with Crippen LogP contribution >= 0.6 is 0 Å². The van der Waals surface area contributed by atoms with Crippen molar-refractivity contribution in [1.29, 1.82) is 0 Å². The number of aliphatic hydroxyl groups excluding tert-OH is 4. The van der Waals surface area contributed by atoms with Crippen molar-refractivity contribution in [1.82, 2.24) is 10.3 Å². The lowest BCUT2D eigenvalue weighted by atomic mass is 9.80. The van der Waals surface area contributed by atoms with Crippen molar-refractivity contribution in [3.05, 3.63) is 69.9 Å². The van der Waals surface area contributed by atoms with Gasteiger partial charge >= 0.3 is 0 Å². The Balaban J connectivity index is 1.10. The third kappa shape index (κ3) is 13.1. The molecule has 0 bridgehead atoms. The first-order chi connectivity index (χ1) is 27.2. The minimum absolute atomic E-state index is 0.00636. The number of ether oxygens (including phenoxy) is 1. The maximum atomic E-state index is 11.3. The van der Waals surface area contributed by atoms with Gasteiger partial charge in [-0.25, -0.2) is 0 Å². The second-order valence-electron chi connectivity index (χ2n) is 17.2. The summed E-state index contributed by atoms with van der Waals surface area (Å²) in [6, 6.07) is 9.45. The van der Waals surface area contributed by atoms with E-state index in [9.17, 15) is 20.4 Å². The van der Waals surface area contributed by atoms with Crippen LogP contribution in [0.2, 0.25) is 0 Å². The van der Waals surface area contributed by atoms with Crippen LogP contribution in [0.15, 0.2) is 34.7 Å². The molecule has 9 N–H and O–H groups in total. The SMILES string of the molecule is CC(O)CNCC1c2cc(C(O)COc3cc(CCc4cc(CO)c(CCCCC(CCN)CCCC(C)CCCO)o4)ccc3O)[nH]c2CCC2CCCC21. The normalized spacial score (nSPS) is 20.3. The molecule has 0 radical (unpaired) electrons. The van der Waals surface area contributed by atoms with Gasteiger partial charge in [-0.15, -0.1) is 0 Å². The molecule has 10 heteroatoms. The van der Waals surface area contributed by atoms with Gasteiger partial charge in [0, 0.05) is 55.4 Å². The molecule has 2 heterocycles. The summed E-state index contributed by atoms with van der Waals surface area (Å²) < 4.78 is 12.3. The predicted octanol–water partition coefficient (Wildman–Crippen LogP) is 7.38. The summed E-state index contributed by atoms with van der Waals surface area (Å²) in [4.78, 5) is 3.54. The largest absolute Gasteiger partial charge is 0.504 e. The van der Waals surface area contributed by atoms with E-state index in [-0.39, 0.29) is 25.6 Å². The zero-order valence-corrected chi connectivity index (χ0v) is 34.3. The van der Waals surface area contributed by atoms with Gasteiger partial charge < -0.3 is 50.7 Å². The fourth-order valence-corrected chi connectivity index (χ4v) is 9.56. The first-order valence-corrected chi connectivity index (χ1v) is 21.9. The zero-order chi connectivity index (χ0) is 39.9. The summed E-state index contributed by atoms with van der Waals surface area (Å²) in [5.41, 5.74) is 11.0. The lowest BCUT2D eigenvalue weighted by Gasteiger charge is -2.27. The minimum atomic E-state index is -0.878. The van der Waals surface area contributed by atoms with Crippen LogP contribution in [0.4, 0.5) is 0 Å². The third-order valence-corrected chi connectivity index (χ3v) is 12.7. The van der Waals surface area contributed by atoms with Crippen molar-refractivity contribution < 1.29 is 34.7 Å². The Hall–Kier alpha value is -2.86. The Morgan fingerprint density at radius 2 is 1.75 bits per heavy atom. The molecule has 10 nitrogen and oxygen atoms in total. The fourth-order valence-electron chi connectivity index (χ4n) is 9.56. The number of aromatic nitrogens is 1. The van der Waals surface area contributed by atoms with E-state index in [2.05, 4.69) is 23.3 Å². The number of H-pyrrole nitrogens is 1. The number of fused-ring (bicyclic) bond motifs is 2. The Morgan fingerprint density at radius 1 is 0.929 bits per heavy atom. The summed E-state index contributed by atoms with van der Waals surface area (Å²) in [5, 5.41) is 54.4. The van der Waals surface area contributed by atoms with Crippen molar-refractivity contribution >= 4 is 0 Å². The smallest absolute Gasteiger partial charge is 0.161 e. The topological polar surface area (TPSA) is 177 Å². The maximum absolute atomic E-state index is 11.3. The van der Waals surface area contributed by atoms with Crippen molar-refractivity contribution in [3.8, 4) is 11.5 Å². The molecule has 2 aromatic heterocycles. The van der Waals surface area contributed by atoms with E-state index in [4.69, 9.17) is 20.0 Å². The summed E-state index contributed by atoms with van der Waals surface area (Å²) in [6.07, 6.45) is 16.7. The van der Waals surface area contributed by atoms with E-state index in [1.165, 1.54) is 49.8 Å². The summed E-state index contributed by atoms with van der Waals surface area (Å²) in [5.74, 6) is 5.05. The lowest BCUT2D eigenvalue weighted by Crippen LogP contribution is -2.32. The van der Waals surface area contributed by atoms with E-state index >= 15 is 0 Å². The quantitative estimate of drug-likeness (QED) is 0.0387. The molecule has 2 aliphatic rings. The van der Waals surface area contributed by atoms with Gasteiger partial charge in [0.05, 0.1) is 12.7 Å². The number of aliphatic hydroxyl groups is 4. The first-order valence-electron chi connectivity index (χ1n) is 21.9. The number of hydrogen-bond donors (Lipinski definition) is 8. The molecule has 1 saturated carbocycles. The number of furan rings is 1. The van der Waals surface area contributed by atoms with E-state index in [1.807, 2.05) is 18.2 Å². The number of aromatic amines is 1. The monoisotopic (exact) mass is 780 g/mol. The highest BCUT2D eigenvalue weighted by Crippen LogP contribution is 2.47. The number of nitrogens with two attached hydrogens (primary N) is 1. The molecule has 0 aliphatic heterocycles. The number of rotatable bonds is 26. The second-order valence-corrected chi connectivity index (χ2v) is 17.2. The number of nitrogens with one attached hydrogen (secondary N) is 2. The van der Waals surface area contributed by atoms with Crippen LogP contribution in [-0.4, -0.2) is 69.5 Å². The molecule has 0 saturated heterocycles. The van der Waals surface area contributed by atoms with Crippen molar-refractivity contribution in [2.75, 3.05) is 32.8 Å². The number of unbranched alkanes of at least 4 members (excludes halogenated alkanes) is 1. The second kappa shape index (κ2) is 22.9. The highest BCUT2D eigenvalue weighted by molar-refractivity contribution is 5.42. The summed E-state index contributed by atoms with van der Waals surface area (Å²) >= 11 is 0. The standard InChI is InChI=1S/C46H73N3O7/c1-31(9-7-23-50)8-5-11-33(21-22-47)10-3-4-14-45-36(29-51)25-37(56-45)18-15-34-16-20-43(53)46(24-34)55-30-44(54)42-26-39-40(28-48-27-32(2)52)38-13-6-12-35(38)17-19-41(39)49-42/h16,20,24-26,31-33,35,38,40,44,48-54H,3-15,17-19,21-23,27-30,47H2,1-2H3. The van der Waals surface area contributed by atoms with Crippen LogP contribution in [0, 0.1) is 23.7 Å². The lowest BCUT2D eigenvalue weighted by molar-refractivity contribution is 0.103. The molecule has 314 valence electrons. The number of aromatic hydroxyl groups is 1. The van der Waals surface area contributed by atoms with Crippen LogP contribution in [0.1, 0.15) is 149 Å². The highest BCUT2D eigenvalue weighted by atomic mass is 16.5. The van der Waals surface area contributed by atoms with Crippen LogP contribution in [0.5, 0.6) is 11.5 Å². The molecule has 7 atom stereocenters. The van der Waals surface area contributed by atoms with E-state index in [1.54, 1.807) is 13.0 Å². The van der Waals surface area contributed by atoms with E-state index < -0.39 is 12.2 Å². The van der Waals surface area contributed by atoms with Gasteiger partial charge in [0.15, 0.2) is 11.5 Å². The minimum Gasteiger partial charge on any atom is -0.504 e. The maximum Gasteiger partial charge on any atom is 0.161 e. The zero-order valence-electron chi connectivity index (χ0n) is 34.3. The average molecular weight is 780 g/mol. The third-order valence-electron chi connectivity index (χ3n) is 12.7. The molecule has 56 heavy (non-hydrogen) atoms. The van der Waals surface area contributed by atoms with Crippen LogP contribution in [0.3, 0.4) is 0 Å². The fraction of sp³-hybridized carbons (Fsp3) is 0.696. The van der Waals surface area contributed by atoms with Gasteiger partial charge in [0.25, 0.3) is 0 Å². The molecule has 0 spiro atoms. The van der Waals surface area contributed by atoms with Gasteiger partial charge in [-0.1, -0.05) is 57.9 Å². The molecule has 2 aliphatic carbocycles. The van der Waals surface area contributed by atoms with Gasteiger partial charge in [-0.3, -0.25) is 0 Å². The number of hydrogen-bond acceptors (Lipinski definition) is 9. The molecule has 1 fully saturated rings. The first kappa shape index (κ1) is 44.2. The molecular formula is C46H73N3O7. The van der Waals surface area contributed by atoms with E-state index in [0.29, 0.717) is 48.8 Å². The van der Waals surface area contributed by atoms with Crippen molar-refractivity contribution in [3.63, 3.8) is 0 Å². The number of aryl methyl sites for hydroxylation is 4. The van der Waals surface area contributed by atoms with Gasteiger partial charge in [-0.05, 0) is 124 Å². The van der Waals surface area contributed by atoms with Gasteiger partial charge in [-0.2, -0.15) is 0 Å². The summed E-state index contributed by atoms with van der Waals surface area (Å²) in [6.45, 7) is 6.43. The molecular weight excluding hydrogens is 707 g/mol. The Labute approximate surface area is 335 Å². The van der Waals surface area contributed by atoms with Gasteiger partial charge in [0.2, 0.25) is 0 Å². The van der Waals surface area contributed by atoms with E-state index in [0.717, 1.165) is 105 Å². The highest BCUT2D eigenvalue weighted by Gasteiger charge is 2.38. The Bertz CT molecular complexity index is 1570. The van der Waals surface area contributed by atoms with Crippen LogP contribution in [0.25, 0.3) is 0 Å². The molecule has 0 amide bonds. The summed E-state index contributed by atoms with van der Waals surface area (Å²) in [7, 11) is 0. The number of phenolic OH excluding ortho intramolecular Hbond substituents is 1. The average Bonchev–Trinajstić information content (AvgIpc) is 3.92. The van der Waals surface area contributed by atoms with Gasteiger partial charge in [0.1, 0.15) is 24.2 Å². The van der Waals surface area contributed by atoms with Crippen molar-refractivity contribution in [2.45, 2.75) is 148 Å². The Morgan fingerprint density at radius 3 is 2.54 bits per heavy atom. The molecule has 7 unspecified atom stereocenters. The van der Waals surface area contributed by atoms with Crippen LogP contribution in [-0.2, 0) is 32.3 Å². The molecule has 5 rings (SSSR count). The predicted molar refractivity (Wildman–Crippen MR) is 222 cm³/mol.